The van der Waals surface area contributed by atoms with Gasteiger partial charge >= 0.3 is 0 Å². The van der Waals surface area contributed by atoms with Gasteiger partial charge < -0.3 is 15.3 Å². The average Bonchev–Trinajstić information content (AvgIpc) is 3.08. The van der Waals surface area contributed by atoms with E-state index in [2.05, 4.69) is 10.2 Å². The molecular formula is C18H21FN2O. The second-order valence-electron chi connectivity index (χ2n) is 5.66. The van der Waals surface area contributed by atoms with Crippen LogP contribution in [0.15, 0.2) is 42.5 Å². The van der Waals surface area contributed by atoms with Crippen molar-refractivity contribution in [1.82, 2.24) is 0 Å². The number of nitrogens with one attached hydrogen (secondary N) is 1. The molecule has 0 unspecified atom stereocenters. The monoisotopic (exact) mass is 300 g/mol. The van der Waals surface area contributed by atoms with Crippen LogP contribution in [0.5, 0.6) is 0 Å². The maximum absolute atomic E-state index is 14.2. The molecule has 4 heteroatoms. The molecular weight excluding hydrogens is 279 g/mol. The zero-order valence-corrected chi connectivity index (χ0v) is 12.6. The minimum absolute atomic E-state index is 0.0418. The van der Waals surface area contributed by atoms with Gasteiger partial charge in [-0.2, -0.15) is 0 Å². The van der Waals surface area contributed by atoms with Crippen molar-refractivity contribution in [3.05, 3.63) is 59.4 Å². The maximum Gasteiger partial charge on any atom is 0.148 e. The lowest BCUT2D eigenvalue weighted by molar-refractivity contribution is 0.282. The van der Waals surface area contributed by atoms with E-state index < -0.39 is 0 Å². The van der Waals surface area contributed by atoms with Crippen molar-refractivity contribution in [3.63, 3.8) is 0 Å². The van der Waals surface area contributed by atoms with Gasteiger partial charge in [-0.05, 0) is 36.1 Å². The minimum atomic E-state index is -0.212. The molecule has 0 aromatic heterocycles. The topological polar surface area (TPSA) is 35.5 Å². The molecule has 1 heterocycles. The summed E-state index contributed by atoms with van der Waals surface area (Å²) in [4.78, 5) is 2.24. The highest BCUT2D eigenvalue weighted by Crippen LogP contribution is 2.31. The zero-order valence-electron chi connectivity index (χ0n) is 12.6. The van der Waals surface area contributed by atoms with Crippen LogP contribution in [0.2, 0.25) is 0 Å². The number of anilines is 2. The van der Waals surface area contributed by atoms with E-state index in [0.29, 0.717) is 12.2 Å². The molecule has 0 radical (unpaired) electrons. The second-order valence-corrected chi connectivity index (χ2v) is 5.66. The van der Waals surface area contributed by atoms with Gasteiger partial charge in [0.25, 0.3) is 0 Å². The maximum atomic E-state index is 14.2. The van der Waals surface area contributed by atoms with Gasteiger partial charge in [-0.3, -0.25) is 0 Å². The van der Waals surface area contributed by atoms with Gasteiger partial charge in [0.05, 0.1) is 18.0 Å². The zero-order chi connectivity index (χ0) is 15.4. The number of benzene rings is 2. The van der Waals surface area contributed by atoms with E-state index in [0.717, 1.165) is 29.9 Å². The summed E-state index contributed by atoms with van der Waals surface area (Å²) in [5, 5.41) is 12.3. The van der Waals surface area contributed by atoms with E-state index in [1.165, 1.54) is 18.9 Å². The van der Waals surface area contributed by atoms with Gasteiger partial charge in [0.2, 0.25) is 0 Å². The highest BCUT2D eigenvalue weighted by Gasteiger charge is 2.17. The Labute approximate surface area is 130 Å². The predicted molar refractivity (Wildman–Crippen MR) is 87.5 cm³/mol. The average molecular weight is 300 g/mol. The molecule has 0 amide bonds. The number of halogens is 1. The summed E-state index contributed by atoms with van der Waals surface area (Å²) in [6.07, 6.45) is 2.33. The molecule has 116 valence electrons. The number of hydrogen-bond donors (Lipinski definition) is 2. The molecule has 3 rings (SSSR count). The molecule has 0 bridgehead atoms. The van der Waals surface area contributed by atoms with E-state index in [4.69, 9.17) is 5.11 Å². The third-order valence-electron chi connectivity index (χ3n) is 4.11. The van der Waals surface area contributed by atoms with Crippen molar-refractivity contribution < 1.29 is 9.50 Å². The Morgan fingerprint density at radius 2 is 1.68 bits per heavy atom. The molecule has 2 aromatic carbocycles. The molecule has 1 fully saturated rings. The van der Waals surface area contributed by atoms with E-state index in [-0.39, 0.29) is 12.4 Å². The Bertz CT molecular complexity index is 621. The van der Waals surface area contributed by atoms with E-state index in [9.17, 15) is 4.39 Å². The highest BCUT2D eigenvalue weighted by molar-refractivity contribution is 5.71. The van der Waals surface area contributed by atoms with Gasteiger partial charge in [-0.15, -0.1) is 0 Å². The molecule has 1 aliphatic rings. The first-order valence-electron chi connectivity index (χ1n) is 7.74. The van der Waals surface area contributed by atoms with Crippen LogP contribution in [-0.2, 0) is 13.2 Å². The summed E-state index contributed by atoms with van der Waals surface area (Å²) in [6.45, 7) is 2.58. The van der Waals surface area contributed by atoms with Crippen molar-refractivity contribution in [2.45, 2.75) is 26.0 Å². The third-order valence-corrected chi connectivity index (χ3v) is 4.11. The molecule has 2 N–H and O–H groups in total. The fourth-order valence-corrected chi connectivity index (χ4v) is 2.86. The van der Waals surface area contributed by atoms with Gasteiger partial charge in [0, 0.05) is 19.6 Å². The van der Waals surface area contributed by atoms with Crippen LogP contribution in [-0.4, -0.2) is 18.2 Å². The minimum Gasteiger partial charge on any atom is -0.392 e. The fourth-order valence-electron chi connectivity index (χ4n) is 2.86. The van der Waals surface area contributed by atoms with Crippen LogP contribution >= 0.6 is 0 Å². The summed E-state index contributed by atoms with van der Waals surface area (Å²) in [6, 6.07) is 12.9. The Hall–Kier alpha value is -2.07. The molecule has 2 aromatic rings. The van der Waals surface area contributed by atoms with E-state index in [1.807, 2.05) is 30.3 Å². The largest absolute Gasteiger partial charge is 0.392 e. The van der Waals surface area contributed by atoms with Crippen LogP contribution in [0, 0.1) is 5.82 Å². The van der Waals surface area contributed by atoms with Crippen LogP contribution < -0.4 is 10.2 Å². The Balaban J connectivity index is 1.76. The lowest BCUT2D eigenvalue weighted by Gasteiger charge is -2.22. The van der Waals surface area contributed by atoms with Crippen molar-refractivity contribution in [2.75, 3.05) is 23.3 Å². The number of aliphatic hydroxyl groups excluding tert-OH is 1. The molecule has 0 aliphatic carbocycles. The van der Waals surface area contributed by atoms with Crippen molar-refractivity contribution in [1.29, 1.82) is 0 Å². The lowest BCUT2D eigenvalue weighted by Crippen LogP contribution is -2.20. The molecule has 0 spiro atoms. The Morgan fingerprint density at radius 1 is 1.00 bits per heavy atom. The van der Waals surface area contributed by atoms with Crippen LogP contribution in [0.4, 0.5) is 15.8 Å². The van der Waals surface area contributed by atoms with Crippen LogP contribution in [0.1, 0.15) is 24.0 Å². The van der Waals surface area contributed by atoms with Crippen molar-refractivity contribution in [3.8, 4) is 0 Å². The van der Waals surface area contributed by atoms with Gasteiger partial charge in [-0.1, -0.05) is 30.3 Å². The fraction of sp³-hybridized carbons (Fsp3) is 0.333. The lowest BCUT2D eigenvalue weighted by atomic mass is 10.1. The molecule has 3 nitrogen and oxygen atoms in total. The molecule has 22 heavy (non-hydrogen) atoms. The van der Waals surface area contributed by atoms with Gasteiger partial charge in [0.1, 0.15) is 5.82 Å². The molecule has 0 atom stereocenters. The van der Waals surface area contributed by atoms with Gasteiger partial charge in [-0.25, -0.2) is 4.39 Å². The Kier molecular flexibility index (Phi) is 4.59. The van der Waals surface area contributed by atoms with Crippen molar-refractivity contribution in [2.24, 2.45) is 0 Å². The Morgan fingerprint density at radius 3 is 2.36 bits per heavy atom. The summed E-state index contributed by atoms with van der Waals surface area (Å²) in [5.74, 6) is -0.212. The summed E-state index contributed by atoms with van der Waals surface area (Å²) in [7, 11) is 0. The first-order valence-corrected chi connectivity index (χ1v) is 7.74. The normalized spacial score (nSPS) is 14.4. The van der Waals surface area contributed by atoms with Gasteiger partial charge in [0.15, 0.2) is 0 Å². The number of aliphatic hydroxyl groups is 1. The first-order chi connectivity index (χ1) is 10.8. The smallest absolute Gasteiger partial charge is 0.148 e. The van der Waals surface area contributed by atoms with Crippen molar-refractivity contribution >= 4 is 11.4 Å². The number of hydrogen-bond acceptors (Lipinski definition) is 3. The SMILES string of the molecule is OCc1ccc(CNc2c(F)cccc2N2CCCC2)cc1. The summed E-state index contributed by atoms with van der Waals surface area (Å²) >= 11 is 0. The van der Waals surface area contributed by atoms with Crippen LogP contribution in [0.25, 0.3) is 0 Å². The van der Waals surface area contributed by atoms with E-state index in [1.54, 1.807) is 6.07 Å². The van der Waals surface area contributed by atoms with Crippen LogP contribution in [0.3, 0.4) is 0 Å². The molecule has 0 saturated carbocycles. The van der Waals surface area contributed by atoms with E-state index >= 15 is 0 Å². The number of para-hydroxylation sites is 1. The summed E-state index contributed by atoms with van der Waals surface area (Å²) in [5.41, 5.74) is 3.47. The third kappa shape index (κ3) is 3.22. The quantitative estimate of drug-likeness (QED) is 0.886. The highest BCUT2D eigenvalue weighted by atomic mass is 19.1. The number of nitrogens with zero attached hydrogens (tertiary/aromatic N) is 1. The standard InChI is InChI=1S/C18H21FN2O/c19-16-4-3-5-17(21-10-1-2-11-21)18(16)20-12-14-6-8-15(13-22)9-7-14/h3-9,20,22H,1-2,10-13H2. The predicted octanol–water partition coefficient (Wildman–Crippen LogP) is 3.53. The number of rotatable bonds is 5. The summed E-state index contributed by atoms with van der Waals surface area (Å²) < 4.78 is 14.2. The molecule has 1 saturated heterocycles. The molecule has 1 aliphatic heterocycles. The second kappa shape index (κ2) is 6.79. The first kappa shape index (κ1) is 14.9.